The molecule has 2 heterocycles. The zero-order chi connectivity index (χ0) is 18.1. The summed E-state index contributed by atoms with van der Waals surface area (Å²) in [6.07, 6.45) is 0. The van der Waals surface area contributed by atoms with Crippen LogP contribution in [0.2, 0.25) is 5.02 Å². The van der Waals surface area contributed by atoms with Crippen molar-refractivity contribution in [3.63, 3.8) is 0 Å². The normalized spacial score (nSPS) is 10.9. The van der Waals surface area contributed by atoms with Crippen molar-refractivity contribution < 1.29 is 9.21 Å². The Morgan fingerprint density at radius 2 is 1.84 bits per heavy atom. The molecule has 1 amide bonds. The number of halogens is 1. The van der Waals surface area contributed by atoms with Crippen LogP contribution in [0.3, 0.4) is 0 Å². The highest BCUT2D eigenvalue weighted by Gasteiger charge is 2.15. The van der Waals surface area contributed by atoms with E-state index in [-0.39, 0.29) is 11.7 Å². The van der Waals surface area contributed by atoms with Crippen LogP contribution in [0.1, 0.15) is 38.8 Å². The van der Waals surface area contributed by atoms with Gasteiger partial charge in [-0.2, -0.15) is 5.10 Å². The number of furan rings is 1. The van der Waals surface area contributed by atoms with E-state index in [0.717, 1.165) is 28.2 Å². The number of aromatic nitrogens is 2. The number of benzene rings is 1. The summed E-state index contributed by atoms with van der Waals surface area (Å²) in [5.74, 6) is 0.647. The first-order valence-electron chi connectivity index (χ1n) is 8.02. The molecule has 0 aliphatic rings. The first kappa shape index (κ1) is 17.3. The number of carbonyl (C=O) groups excluding carboxylic acids is 1. The van der Waals surface area contributed by atoms with Crippen LogP contribution in [0.4, 0.5) is 5.69 Å². The van der Waals surface area contributed by atoms with Crippen molar-refractivity contribution in [3.05, 3.63) is 69.4 Å². The van der Waals surface area contributed by atoms with Gasteiger partial charge in [0.1, 0.15) is 5.76 Å². The molecule has 0 saturated heterocycles. The van der Waals surface area contributed by atoms with Crippen molar-refractivity contribution in [3.8, 4) is 0 Å². The number of para-hydroxylation sites is 1. The van der Waals surface area contributed by atoms with Crippen LogP contribution in [0, 0.1) is 27.7 Å². The van der Waals surface area contributed by atoms with Gasteiger partial charge in [0.05, 0.1) is 23.0 Å². The topological polar surface area (TPSA) is 60.1 Å². The van der Waals surface area contributed by atoms with Crippen LogP contribution in [0.15, 0.2) is 34.7 Å². The highest BCUT2D eigenvalue weighted by atomic mass is 35.5. The van der Waals surface area contributed by atoms with Gasteiger partial charge >= 0.3 is 0 Å². The zero-order valence-corrected chi connectivity index (χ0v) is 15.4. The largest absolute Gasteiger partial charge is 0.454 e. The van der Waals surface area contributed by atoms with Gasteiger partial charge in [0, 0.05) is 5.69 Å². The van der Waals surface area contributed by atoms with Crippen molar-refractivity contribution >= 4 is 23.2 Å². The van der Waals surface area contributed by atoms with E-state index in [0.29, 0.717) is 17.3 Å². The number of hydrogen-bond donors (Lipinski definition) is 1. The Kier molecular flexibility index (Phi) is 4.68. The molecule has 0 aliphatic heterocycles. The molecule has 6 heteroatoms. The van der Waals surface area contributed by atoms with Gasteiger partial charge in [-0.05, 0) is 51.0 Å². The van der Waals surface area contributed by atoms with Crippen LogP contribution >= 0.6 is 11.6 Å². The molecule has 1 N–H and O–H groups in total. The lowest BCUT2D eigenvalue weighted by atomic mass is 10.1. The fourth-order valence-electron chi connectivity index (χ4n) is 2.75. The van der Waals surface area contributed by atoms with Crippen molar-refractivity contribution in [1.82, 2.24) is 9.78 Å². The number of carbonyl (C=O) groups is 1. The van der Waals surface area contributed by atoms with Crippen molar-refractivity contribution in [2.24, 2.45) is 0 Å². The average Bonchev–Trinajstić information content (AvgIpc) is 3.13. The summed E-state index contributed by atoms with van der Waals surface area (Å²) in [6, 6.07) is 9.34. The lowest BCUT2D eigenvalue weighted by molar-refractivity contribution is 0.0994. The number of anilines is 1. The van der Waals surface area contributed by atoms with Gasteiger partial charge in [0.15, 0.2) is 5.76 Å². The van der Waals surface area contributed by atoms with Gasteiger partial charge < -0.3 is 9.73 Å². The summed E-state index contributed by atoms with van der Waals surface area (Å²) in [4.78, 5) is 12.5. The molecule has 0 aliphatic carbocycles. The summed E-state index contributed by atoms with van der Waals surface area (Å²) in [5, 5.41) is 7.95. The zero-order valence-electron chi connectivity index (χ0n) is 14.7. The maximum absolute atomic E-state index is 12.5. The van der Waals surface area contributed by atoms with E-state index in [9.17, 15) is 4.79 Å². The van der Waals surface area contributed by atoms with E-state index >= 15 is 0 Å². The van der Waals surface area contributed by atoms with E-state index in [1.165, 1.54) is 0 Å². The number of hydrogen-bond acceptors (Lipinski definition) is 3. The van der Waals surface area contributed by atoms with E-state index in [1.54, 1.807) is 16.8 Å². The van der Waals surface area contributed by atoms with Gasteiger partial charge in [-0.1, -0.05) is 29.8 Å². The molecule has 0 fully saturated rings. The molecule has 0 radical (unpaired) electrons. The third-order valence-corrected chi connectivity index (χ3v) is 4.75. The third-order valence-electron chi connectivity index (χ3n) is 4.20. The minimum Gasteiger partial charge on any atom is -0.454 e. The number of nitrogens with zero attached hydrogens (tertiary/aromatic N) is 2. The Bertz CT molecular complexity index is 920. The standard InChI is InChI=1S/C19H20ClN3O2/c1-11-6-5-7-12(2)18(11)21-19(24)16-9-8-15(25-16)10-23-14(4)17(20)13(3)22-23/h5-9H,10H2,1-4H3,(H,21,24). The first-order chi connectivity index (χ1) is 11.9. The highest BCUT2D eigenvalue weighted by Crippen LogP contribution is 2.22. The number of aryl methyl sites for hydroxylation is 3. The number of rotatable bonds is 4. The quantitative estimate of drug-likeness (QED) is 0.738. The minimum absolute atomic E-state index is 0.268. The Morgan fingerprint density at radius 1 is 1.16 bits per heavy atom. The third kappa shape index (κ3) is 3.46. The number of amides is 1. The predicted octanol–water partition coefficient (Wildman–Crippen LogP) is 4.66. The van der Waals surface area contributed by atoms with Crippen LogP contribution < -0.4 is 5.32 Å². The number of nitrogens with one attached hydrogen (secondary N) is 1. The van der Waals surface area contributed by atoms with E-state index in [2.05, 4.69) is 10.4 Å². The van der Waals surface area contributed by atoms with Gasteiger partial charge in [-0.25, -0.2) is 0 Å². The van der Waals surface area contributed by atoms with Gasteiger partial charge in [0.25, 0.3) is 5.91 Å². The second-order valence-electron chi connectivity index (χ2n) is 6.13. The molecular weight excluding hydrogens is 338 g/mol. The molecule has 0 spiro atoms. The molecule has 0 unspecified atom stereocenters. The lowest BCUT2D eigenvalue weighted by Crippen LogP contribution is -2.13. The summed E-state index contributed by atoms with van der Waals surface area (Å²) in [5.41, 5.74) is 4.49. The minimum atomic E-state index is -0.268. The fourth-order valence-corrected chi connectivity index (χ4v) is 2.88. The molecule has 3 aromatic rings. The maximum atomic E-state index is 12.5. The molecular formula is C19H20ClN3O2. The van der Waals surface area contributed by atoms with Crippen LogP contribution in [-0.2, 0) is 6.54 Å². The monoisotopic (exact) mass is 357 g/mol. The highest BCUT2D eigenvalue weighted by molar-refractivity contribution is 6.31. The Labute approximate surface area is 151 Å². The second kappa shape index (κ2) is 6.76. The molecule has 0 atom stereocenters. The summed E-state index contributed by atoms with van der Waals surface area (Å²) < 4.78 is 7.46. The summed E-state index contributed by atoms with van der Waals surface area (Å²) in [7, 11) is 0. The van der Waals surface area contributed by atoms with Gasteiger partial charge in [0.2, 0.25) is 0 Å². The van der Waals surface area contributed by atoms with Crippen molar-refractivity contribution in [2.75, 3.05) is 5.32 Å². The molecule has 3 rings (SSSR count). The first-order valence-corrected chi connectivity index (χ1v) is 8.40. The lowest BCUT2D eigenvalue weighted by Gasteiger charge is -2.10. The predicted molar refractivity (Wildman–Crippen MR) is 98.4 cm³/mol. The SMILES string of the molecule is Cc1cccc(C)c1NC(=O)c1ccc(Cn2nc(C)c(Cl)c2C)o1. The summed E-state index contributed by atoms with van der Waals surface area (Å²) >= 11 is 6.16. The fraction of sp³-hybridized carbons (Fsp3) is 0.263. The molecule has 0 saturated carbocycles. The molecule has 1 aromatic carbocycles. The molecule has 2 aromatic heterocycles. The molecule has 25 heavy (non-hydrogen) atoms. The second-order valence-corrected chi connectivity index (χ2v) is 6.51. The Balaban J connectivity index is 1.77. The van der Waals surface area contributed by atoms with Gasteiger partial charge in [-0.3, -0.25) is 9.48 Å². The Morgan fingerprint density at radius 3 is 2.44 bits per heavy atom. The van der Waals surface area contributed by atoms with Gasteiger partial charge in [-0.15, -0.1) is 0 Å². The Hall–Kier alpha value is -2.53. The van der Waals surface area contributed by atoms with E-state index in [4.69, 9.17) is 16.0 Å². The molecule has 0 bridgehead atoms. The average molecular weight is 358 g/mol. The van der Waals surface area contributed by atoms with E-state index in [1.807, 2.05) is 45.9 Å². The summed E-state index contributed by atoms with van der Waals surface area (Å²) in [6.45, 7) is 8.11. The van der Waals surface area contributed by atoms with Crippen molar-refractivity contribution in [2.45, 2.75) is 34.2 Å². The van der Waals surface area contributed by atoms with E-state index < -0.39 is 0 Å². The molecule has 5 nitrogen and oxygen atoms in total. The molecule has 130 valence electrons. The smallest absolute Gasteiger partial charge is 0.291 e. The van der Waals surface area contributed by atoms with Crippen LogP contribution in [-0.4, -0.2) is 15.7 Å². The maximum Gasteiger partial charge on any atom is 0.291 e. The van der Waals surface area contributed by atoms with Crippen molar-refractivity contribution in [1.29, 1.82) is 0 Å². The van der Waals surface area contributed by atoms with Crippen LogP contribution in [0.5, 0.6) is 0 Å². The van der Waals surface area contributed by atoms with Crippen LogP contribution in [0.25, 0.3) is 0 Å².